The molecule has 0 saturated heterocycles. The molecule has 10 heteroatoms. The van der Waals surface area contributed by atoms with Crippen LogP contribution in [0.5, 0.6) is 5.75 Å². The Bertz CT molecular complexity index is 973. The van der Waals surface area contributed by atoms with Crippen LogP contribution in [-0.4, -0.2) is 46.6 Å². The highest BCUT2D eigenvalue weighted by Crippen LogP contribution is 2.28. The van der Waals surface area contributed by atoms with E-state index in [-0.39, 0.29) is 18.3 Å². The number of rotatable bonds is 6. The van der Waals surface area contributed by atoms with Crippen LogP contribution in [0.3, 0.4) is 0 Å². The lowest BCUT2D eigenvalue weighted by molar-refractivity contribution is 0.165. The quantitative estimate of drug-likeness (QED) is 0.524. The topological polar surface area (TPSA) is 126 Å². The van der Waals surface area contributed by atoms with Gasteiger partial charge in [-0.05, 0) is 12.1 Å². The molecule has 0 bridgehead atoms. The molecule has 26 heavy (non-hydrogen) atoms. The van der Waals surface area contributed by atoms with Crippen LogP contribution in [0.1, 0.15) is 11.7 Å². The number of hydrogen-bond acceptors (Lipinski definition) is 5. The lowest BCUT2D eigenvalue weighted by atomic mass is 10.2. The molecule has 3 aromatic rings. The number of aryl methyl sites for hydroxylation is 1. The Labute approximate surface area is 148 Å². The zero-order chi connectivity index (χ0) is 18.7. The molecule has 1 unspecified atom stereocenters. The van der Waals surface area contributed by atoms with Crippen molar-refractivity contribution in [1.29, 1.82) is 0 Å². The van der Waals surface area contributed by atoms with E-state index >= 15 is 0 Å². The molecule has 1 aromatic carbocycles. The normalized spacial score (nSPS) is 12.1. The fourth-order valence-corrected chi connectivity index (χ4v) is 2.74. The molecule has 2 heterocycles. The second-order valence-corrected chi connectivity index (χ2v) is 5.66. The molecule has 0 spiro atoms. The lowest BCUT2D eigenvalue weighted by Crippen LogP contribution is -2.35. The summed E-state index contributed by atoms with van der Waals surface area (Å²) in [6, 6.07) is 4.25. The molecule has 0 aliphatic carbocycles. The van der Waals surface area contributed by atoms with Crippen LogP contribution in [0.25, 0.3) is 11.0 Å². The van der Waals surface area contributed by atoms with Crippen LogP contribution in [-0.2, 0) is 11.8 Å². The number of aromatic nitrogens is 4. The molecule has 0 fully saturated rings. The highest BCUT2D eigenvalue weighted by Gasteiger charge is 2.19. The van der Waals surface area contributed by atoms with Gasteiger partial charge >= 0.3 is 11.7 Å². The first-order chi connectivity index (χ1) is 12.5. The predicted molar refractivity (Wildman–Crippen MR) is 95.5 cm³/mol. The number of benzene rings is 1. The number of hydrogen-bond donors (Lipinski definition) is 4. The van der Waals surface area contributed by atoms with Gasteiger partial charge in [0.15, 0.2) is 0 Å². The van der Waals surface area contributed by atoms with Crippen molar-refractivity contribution in [3.8, 4) is 5.75 Å². The first-order valence-electron chi connectivity index (χ1n) is 7.86. The molecular weight excluding hydrogens is 340 g/mol. The Morgan fingerprint density at radius 2 is 2.04 bits per heavy atom. The van der Waals surface area contributed by atoms with Crippen molar-refractivity contribution in [3.63, 3.8) is 0 Å². The molecule has 138 valence electrons. The number of methoxy groups -OCH3 is 2. The number of anilines is 1. The summed E-state index contributed by atoms with van der Waals surface area (Å²) in [6.45, 7) is 0.286. The summed E-state index contributed by atoms with van der Waals surface area (Å²) >= 11 is 0. The average molecular weight is 360 g/mol. The van der Waals surface area contributed by atoms with Crippen molar-refractivity contribution >= 4 is 22.8 Å². The number of H-pyrrole nitrogens is 2. The summed E-state index contributed by atoms with van der Waals surface area (Å²) in [5.41, 5.74) is 2.05. The standard InChI is InChI=1S/C16H20N6O4/c1-22-13(4-5-17-22)12(8-25-2)21-16(24)20-11-6-9-10(7-14(11)26-3)19-15(23)18-9/h4-7,12H,8H2,1-3H3,(H2,18,19,23)(H2,20,21,24). The van der Waals surface area contributed by atoms with Gasteiger partial charge in [-0.2, -0.15) is 5.10 Å². The van der Waals surface area contributed by atoms with Crippen LogP contribution in [0.2, 0.25) is 0 Å². The van der Waals surface area contributed by atoms with Crippen LogP contribution in [0.4, 0.5) is 10.5 Å². The number of urea groups is 1. The molecule has 2 aromatic heterocycles. The molecule has 0 radical (unpaired) electrons. The summed E-state index contributed by atoms with van der Waals surface area (Å²) in [7, 11) is 4.83. The van der Waals surface area contributed by atoms with Crippen molar-refractivity contribution in [1.82, 2.24) is 25.1 Å². The first-order valence-corrected chi connectivity index (χ1v) is 7.86. The Hall–Kier alpha value is -3.27. The van der Waals surface area contributed by atoms with E-state index in [9.17, 15) is 9.59 Å². The third kappa shape index (κ3) is 3.54. The number of fused-ring (bicyclic) bond motifs is 1. The Morgan fingerprint density at radius 1 is 1.31 bits per heavy atom. The molecule has 2 amide bonds. The molecule has 10 nitrogen and oxygen atoms in total. The number of nitrogens with zero attached hydrogens (tertiary/aromatic N) is 2. The van der Waals surface area contributed by atoms with E-state index in [2.05, 4.69) is 25.7 Å². The minimum Gasteiger partial charge on any atom is -0.494 e. The molecule has 3 rings (SSSR count). The average Bonchev–Trinajstić information content (AvgIpc) is 3.17. The van der Waals surface area contributed by atoms with Crippen molar-refractivity contribution in [2.75, 3.05) is 26.1 Å². The van der Waals surface area contributed by atoms with Gasteiger partial charge in [0.05, 0.1) is 42.2 Å². The van der Waals surface area contributed by atoms with Gasteiger partial charge in [-0.1, -0.05) is 0 Å². The lowest BCUT2D eigenvalue weighted by Gasteiger charge is -2.19. The Kier molecular flexibility index (Phi) is 4.94. The van der Waals surface area contributed by atoms with E-state index in [4.69, 9.17) is 9.47 Å². The van der Waals surface area contributed by atoms with Crippen molar-refractivity contribution in [2.24, 2.45) is 7.05 Å². The van der Waals surface area contributed by atoms with E-state index in [0.29, 0.717) is 22.5 Å². The van der Waals surface area contributed by atoms with Gasteiger partial charge in [-0.25, -0.2) is 9.59 Å². The smallest absolute Gasteiger partial charge is 0.323 e. The minimum absolute atomic E-state index is 0.286. The number of nitrogens with one attached hydrogen (secondary N) is 4. The molecule has 4 N–H and O–H groups in total. The number of ether oxygens (including phenoxy) is 2. The molecule has 0 aliphatic heterocycles. The first kappa shape index (κ1) is 17.5. The van der Waals surface area contributed by atoms with E-state index < -0.39 is 6.03 Å². The number of amides is 2. The maximum Gasteiger partial charge on any atom is 0.323 e. The third-order valence-corrected chi connectivity index (χ3v) is 3.94. The second-order valence-electron chi connectivity index (χ2n) is 5.66. The summed E-state index contributed by atoms with van der Waals surface area (Å²) in [5, 5.41) is 9.69. The zero-order valence-electron chi connectivity index (χ0n) is 14.6. The van der Waals surface area contributed by atoms with E-state index in [1.165, 1.54) is 7.11 Å². The number of imidazole rings is 1. The summed E-state index contributed by atoms with van der Waals surface area (Å²) in [4.78, 5) is 29.2. The van der Waals surface area contributed by atoms with Crippen LogP contribution in [0, 0.1) is 0 Å². The highest BCUT2D eigenvalue weighted by atomic mass is 16.5. The number of aromatic amines is 2. The van der Waals surface area contributed by atoms with Crippen LogP contribution in [0.15, 0.2) is 29.2 Å². The summed E-state index contributed by atoms with van der Waals surface area (Å²) in [5.74, 6) is 0.423. The van der Waals surface area contributed by atoms with Gasteiger partial charge in [0, 0.05) is 26.4 Å². The predicted octanol–water partition coefficient (Wildman–Crippen LogP) is 1.11. The molecule has 1 atom stereocenters. The van der Waals surface area contributed by atoms with Gasteiger partial charge in [-0.15, -0.1) is 0 Å². The largest absolute Gasteiger partial charge is 0.494 e. The van der Waals surface area contributed by atoms with E-state index in [1.54, 1.807) is 43.2 Å². The Morgan fingerprint density at radius 3 is 2.65 bits per heavy atom. The molecule has 0 saturated carbocycles. The fourth-order valence-electron chi connectivity index (χ4n) is 2.74. The van der Waals surface area contributed by atoms with Gasteiger partial charge in [0.1, 0.15) is 5.75 Å². The number of carbonyl (C=O) groups is 1. The van der Waals surface area contributed by atoms with Crippen LogP contribution >= 0.6 is 0 Å². The highest BCUT2D eigenvalue weighted by molar-refractivity contribution is 5.94. The fraction of sp³-hybridized carbons (Fsp3) is 0.312. The van der Waals surface area contributed by atoms with Gasteiger partial charge in [0.25, 0.3) is 0 Å². The van der Waals surface area contributed by atoms with Crippen molar-refractivity contribution in [2.45, 2.75) is 6.04 Å². The summed E-state index contributed by atoms with van der Waals surface area (Å²) < 4.78 is 12.1. The van der Waals surface area contributed by atoms with E-state index in [1.807, 2.05) is 0 Å². The Balaban J connectivity index is 1.81. The van der Waals surface area contributed by atoms with Gasteiger partial charge < -0.3 is 30.1 Å². The molecular formula is C16H20N6O4. The third-order valence-electron chi connectivity index (χ3n) is 3.94. The van der Waals surface area contributed by atoms with Gasteiger partial charge in [-0.3, -0.25) is 4.68 Å². The SMILES string of the molecule is COCC(NC(=O)Nc1cc2[nH]c(=O)[nH]c2cc1OC)c1ccnn1C. The monoisotopic (exact) mass is 360 g/mol. The molecule has 0 aliphatic rings. The van der Waals surface area contributed by atoms with Crippen molar-refractivity contribution in [3.05, 3.63) is 40.6 Å². The summed E-state index contributed by atoms with van der Waals surface area (Å²) in [6.07, 6.45) is 1.65. The van der Waals surface area contributed by atoms with Crippen LogP contribution < -0.4 is 21.1 Å². The van der Waals surface area contributed by atoms with Crippen molar-refractivity contribution < 1.29 is 14.3 Å². The van der Waals surface area contributed by atoms with Gasteiger partial charge in [0.2, 0.25) is 0 Å². The second kappa shape index (κ2) is 7.31. The van der Waals surface area contributed by atoms with E-state index in [0.717, 1.165) is 5.69 Å². The zero-order valence-corrected chi connectivity index (χ0v) is 14.6. The maximum atomic E-state index is 12.5. The maximum absolute atomic E-state index is 12.5. The minimum atomic E-state index is -0.441. The number of carbonyl (C=O) groups excluding carboxylic acids is 1.